The summed E-state index contributed by atoms with van der Waals surface area (Å²) in [6.07, 6.45) is 0. The highest BCUT2D eigenvalue weighted by Gasteiger charge is 2.05. The van der Waals surface area contributed by atoms with Gasteiger partial charge in [0.15, 0.2) is 0 Å². The van der Waals surface area contributed by atoms with Crippen LogP contribution in [0.3, 0.4) is 0 Å². The van der Waals surface area contributed by atoms with Gasteiger partial charge in [0, 0.05) is 18.0 Å². The van der Waals surface area contributed by atoms with E-state index in [0.717, 1.165) is 18.0 Å². The van der Waals surface area contributed by atoms with Crippen LogP contribution in [-0.4, -0.2) is 28.0 Å². The average molecular weight is 290 g/mol. The molecule has 0 saturated carbocycles. The van der Waals surface area contributed by atoms with Gasteiger partial charge in [0.1, 0.15) is 0 Å². The van der Waals surface area contributed by atoms with E-state index in [4.69, 9.17) is 0 Å². The number of aromatic nitrogens is 3. The number of hydrogen-bond acceptors (Lipinski definition) is 7. The zero-order valence-electron chi connectivity index (χ0n) is 11.6. The Morgan fingerprint density at radius 1 is 0.850 bits per heavy atom. The highest BCUT2D eigenvalue weighted by molar-refractivity contribution is 8.00. The van der Waals surface area contributed by atoms with Gasteiger partial charge in [-0.3, -0.25) is 4.72 Å². The molecule has 0 fully saturated rings. The van der Waals surface area contributed by atoms with Gasteiger partial charge in [0.2, 0.25) is 17.8 Å². The van der Waals surface area contributed by atoms with Crippen molar-refractivity contribution in [1.82, 2.24) is 15.0 Å². The molecule has 2 rings (SSSR count). The monoisotopic (exact) mass is 290 g/mol. The van der Waals surface area contributed by atoms with Gasteiger partial charge in [-0.2, -0.15) is 15.0 Å². The quantitative estimate of drug-likeness (QED) is 0.677. The van der Waals surface area contributed by atoms with Crippen LogP contribution in [0.1, 0.15) is 13.8 Å². The molecule has 0 atom stereocenters. The summed E-state index contributed by atoms with van der Waals surface area (Å²) in [4.78, 5) is 14.0. The molecule has 0 bridgehead atoms. The SMILES string of the molecule is CCNc1nc(NCC)nc(NSc2ccccc2)n1. The standard InChI is InChI=1S/C13H18N6S/c1-3-14-11-16-12(15-4-2)18-13(17-11)19-20-10-8-6-5-7-9-10/h5-9H,3-4H2,1-2H3,(H3,14,15,16,17,18,19). The van der Waals surface area contributed by atoms with E-state index in [2.05, 4.69) is 30.3 Å². The highest BCUT2D eigenvalue weighted by atomic mass is 32.2. The second-order valence-corrected chi connectivity index (χ2v) is 4.76. The summed E-state index contributed by atoms with van der Waals surface area (Å²) in [5.41, 5.74) is 0. The summed E-state index contributed by atoms with van der Waals surface area (Å²) in [6, 6.07) is 10.0. The first-order valence-corrected chi connectivity index (χ1v) is 7.35. The van der Waals surface area contributed by atoms with Gasteiger partial charge >= 0.3 is 0 Å². The van der Waals surface area contributed by atoms with Crippen LogP contribution >= 0.6 is 11.9 Å². The summed E-state index contributed by atoms with van der Waals surface area (Å²) >= 11 is 1.47. The van der Waals surface area contributed by atoms with Gasteiger partial charge in [-0.1, -0.05) is 18.2 Å². The molecule has 20 heavy (non-hydrogen) atoms. The van der Waals surface area contributed by atoms with Gasteiger partial charge in [-0.15, -0.1) is 0 Å². The molecule has 0 spiro atoms. The smallest absolute Gasteiger partial charge is 0.239 e. The second-order valence-electron chi connectivity index (χ2n) is 3.88. The minimum atomic E-state index is 0.528. The van der Waals surface area contributed by atoms with Crippen LogP contribution in [0.5, 0.6) is 0 Å². The molecule has 1 aromatic carbocycles. The van der Waals surface area contributed by atoms with Crippen molar-refractivity contribution < 1.29 is 0 Å². The van der Waals surface area contributed by atoms with Crippen LogP contribution in [0.2, 0.25) is 0 Å². The van der Waals surface area contributed by atoms with E-state index in [1.807, 2.05) is 44.2 Å². The molecule has 1 heterocycles. The fourth-order valence-corrected chi connectivity index (χ4v) is 2.08. The molecular formula is C13H18N6S. The lowest BCUT2D eigenvalue weighted by molar-refractivity contribution is 1.01. The Morgan fingerprint density at radius 2 is 1.40 bits per heavy atom. The van der Waals surface area contributed by atoms with Crippen LogP contribution in [0.15, 0.2) is 35.2 Å². The number of hydrogen-bond donors (Lipinski definition) is 3. The lowest BCUT2D eigenvalue weighted by Crippen LogP contribution is -2.10. The third kappa shape index (κ3) is 4.27. The number of benzene rings is 1. The minimum Gasteiger partial charge on any atom is -0.354 e. The lowest BCUT2D eigenvalue weighted by atomic mass is 10.4. The first kappa shape index (κ1) is 14.4. The topological polar surface area (TPSA) is 74.8 Å². The normalized spacial score (nSPS) is 10.1. The second kappa shape index (κ2) is 7.54. The highest BCUT2D eigenvalue weighted by Crippen LogP contribution is 2.19. The summed E-state index contributed by atoms with van der Waals surface area (Å²) in [5.74, 6) is 1.66. The van der Waals surface area contributed by atoms with Crippen molar-refractivity contribution in [2.45, 2.75) is 18.7 Å². The first-order chi connectivity index (χ1) is 9.81. The van der Waals surface area contributed by atoms with Gasteiger partial charge < -0.3 is 10.6 Å². The first-order valence-electron chi connectivity index (χ1n) is 6.53. The van der Waals surface area contributed by atoms with Crippen LogP contribution in [0.25, 0.3) is 0 Å². The van der Waals surface area contributed by atoms with E-state index in [1.54, 1.807) is 0 Å². The van der Waals surface area contributed by atoms with Crippen molar-refractivity contribution in [2.24, 2.45) is 0 Å². The number of rotatable bonds is 7. The molecule has 0 aliphatic heterocycles. The maximum Gasteiger partial charge on any atom is 0.239 e. The lowest BCUT2D eigenvalue weighted by Gasteiger charge is -2.09. The molecule has 0 radical (unpaired) electrons. The fourth-order valence-electron chi connectivity index (χ4n) is 1.49. The van der Waals surface area contributed by atoms with Crippen molar-refractivity contribution >= 4 is 29.8 Å². The molecule has 6 nitrogen and oxygen atoms in total. The van der Waals surface area contributed by atoms with Crippen molar-refractivity contribution in [2.75, 3.05) is 28.4 Å². The Bertz CT molecular complexity index is 509. The van der Waals surface area contributed by atoms with E-state index in [1.165, 1.54) is 11.9 Å². The predicted molar refractivity (Wildman–Crippen MR) is 84.1 cm³/mol. The molecule has 1 aromatic heterocycles. The number of nitrogens with one attached hydrogen (secondary N) is 3. The molecule has 0 amide bonds. The molecule has 0 aliphatic rings. The molecule has 106 valence electrons. The summed E-state index contributed by atoms with van der Waals surface area (Å²) in [7, 11) is 0. The zero-order chi connectivity index (χ0) is 14.2. The van der Waals surface area contributed by atoms with E-state index in [-0.39, 0.29) is 0 Å². The molecule has 0 aliphatic carbocycles. The Balaban J connectivity index is 2.09. The van der Waals surface area contributed by atoms with E-state index in [0.29, 0.717) is 17.8 Å². The van der Waals surface area contributed by atoms with Crippen molar-refractivity contribution in [3.8, 4) is 0 Å². The molecule has 0 saturated heterocycles. The zero-order valence-corrected chi connectivity index (χ0v) is 12.4. The maximum absolute atomic E-state index is 4.32. The maximum atomic E-state index is 4.32. The Morgan fingerprint density at radius 3 is 1.95 bits per heavy atom. The van der Waals surface area contributed by atoms with E-state index in [9.17, 15) is 0 Å². The fraction of sp³-hybridized carbons (Fsp3) is 0.308. The third-order valence-electron chi connectivity index (χ3n) is 2.31. The van der Waals surface area contributed by atoms with Gasteiger partial charge in [0.25, 0.3) is 0 Å². The number of nitrogens with zero attached hydrogens (tertiary/aromatic N) is 3. The van der Waals surface area contributed by atoms with Gasteiger partial charge in [-0.25, -0.2) is 0 Å². The Kier molecular flexibility index (Phi) is 5.43. The van der Waals surface area contributed by atoms with Gasteiger partial charge in [0.05, 0.1) is 0 Å². The molecule has 7 heteroatoms. The minimum absolute atomic E-state index is 0.528. The molecule has 0 unspecified atom stereocenters. The van der Waals surface area contributed by atoms with Crippen molar-refractivity contribution in [3.05, 3.63) is 30.3 Å². The van der Waals surface area contributed by atoms with Gasteiger partial charge in [-0.05, 0) is 37.9 Å². The molecule has 3 N–H and O–H groups in total. The van der Waals surface area contributed by atoms with Crippen molar-refractivity contribution in [3.63, 3.8) is 0 Å². The van der Waals surface area contributed by atoms with Crippen LogP contribution in [0, 0.1) is 0 Å². The summed E-state index contributed by atoms with van der Waals surface area (Å²) in [5, 5.41) is 6.19. The Hall–Kier alpha value is -2.02. The third-order valence-corrected chi connectivity index (χ3v) is 3.10. The van der Waals surface area contributed by atoms with Crippen LogP contribution < -0.4 is 15.4 Å². The predicted octanol–water partition coefficient (Wildman–Crippen LogP) is 2.85. The average Bonchev–Trinajstić information content (AvgIpc) is 2.47. The summed E-state index contributed by atoms with van der Waals surface area (Å²) in [6.45, 7) is 5.53. The van der Waals surface area contributed by atoms with E-state index >= 15 is 0 Å². The van der Waals surface area contributed by atoms with Crippen LogP contribution in [-0.2, 0) is 0 Å². The molecule has 2 aromatic rings. The summed E-state index contributed by atoms with van der Waals surface area (Å²) < 4.78 is 3.13. The van der Waals surface area contributed by atoms with Crippen molar-refractivity contribution in [1.29, 1.82) is 0 Å². The van der Waals surface area contributed by atoms with Crippen LogP contribution in [0.4, 0.5) is 17.8 Å². The molecular weight excluding hydrogens is 272 g/mol. The Labute approximate surface area is 123 Å². The van der Waals surface area contributed by atoms with E-state index < -0.39 is 0 Å². The largest absolute Gasteiger partial charge is 0.354 e. The number of anilines is 3.